The Balaban J connectivity index is 2.98. The van der Waals surface area contributed by atoms with Crippen molar-refractivity contribution >= 4 is 22.2 Å². The van der Waals surface area contributed by atoms with E-state index in [-0.39, 0.29) is 5.75 Å². The molecule has 3 nitrogen and oxygen atoms in total. The molecule has 0 fully saturated rings. The van der Waals surface area contributed by atoms with Gasteiger partial charge in [0.2, 0.25) is 0 Å². The van der Waals surface area contributed by atoms with Gasteiger partial charge in [0.1, 0.15) is 6.29 Å². The van der Waals surface area contributed by atoms with Crippen molar-refractivity contribution in [3.05, 3.63) is 22.2 Å². The number of ether oxygens (including phenoxy) is 1. The molecule has 0 saturated carbocycles. The first kappa shape index (κ1) is 11.0. The molecule has 4 heteroatoms. The number of benzene rings is 1. The van der Waals surface area contributed by atoms with Gasteiger partial charge in [-0.3, -0.25) is 0 Å². The van der Waals surface area contributed by atoms with Crippen molar-refractivity contribution in [1.29, 1.82) is 0 Å². The topological polar surface area (TPSA) is 46.5 Å². The lowest BCUT2D eigenvalue weighted by Crippen LogP contribution is -1.91. The molecule has 0 spiro atoms. The molecular formula is C10H11BrO3. The molecule has 14 heavy (non-hydrogen) atoms. The lowest BCUT2D eigenvalue weighted by molar-refractivity contribution is -0.107. The van der Waals surface area contributed by atoms with Crippen LogP contribution in [0.5, 0.6) is 11.5 Å². The van der Waals surface area contributed by atoms with Crippen LogP contribution in [0.15, 0.2) is 16.6 Å². The SMILES string of the molecule is COc1ccc(CCC=O)c(Br)c1O. The van der Waals surface area contributed by atoms with Crippen LogP contribution in [0, 0.1) is 0 Å². The van der Waals surface area contributed by atoms with E-state index in [0.717, 1.165) is 11.8 Å². The van der Waals surface area contributed by atoms with Crippen LogP contribution in [0.2, 0.25) is 0 Å². The predicted molar refractivity (Wildman–Crippen MR) is 56.7 cm³/mol. The fraction of sp³-hybridized carbons (Fsp3) is 0.300. The number of rotatable bonds is 4. The number of methoxy groups -OCH3 is 1. The zero-order valence-corrected chi connectivity index (χ0v) is 9.37. The Kier molecular flexibility index (Phi) is 3.95. The quantitative estimate of drug-likeness (QED) is 0.844. The van der Waals surface area contributed by atoms with E-state index in [1.807, 2.05) is 6.07 Å². The lowest BCUT2D eigenvalue weighted by atomic mass is 10.1. The number of hydrogen-bond donors (Lipinski definition) is 1. The second kappa shape index (κ2) is 5.00. The third-order valence-corrected chi connectivity index (χ3v) is 2.80. The van der Waals surface area contributed by atoms with Gasteiger partial charge in [0.15, 0.2) is 11.5 Å². The van der Waals surface area contributed by atoms with Crippen molar-refractivity contribution in [2.24, 2.45) is 0 Å². The van der Waals surface area contributed by atoms with E-state index < -0.39 is 0 Å². The monoisotopic (exact) mass is 258 g/mol. The molecular weight excluding hydrogens is 248 g/mol. The van der Waals surface area contributed by atoms with Crippen molar-refractivity contribution in [2.75, 3.05) is 7.11 Å². The zero-order chi connectivity index (χ0) is 10.6. The molecule has 0 bridgehead atoms. The number of aldehydes is 1. The summed E-state index contributed by atoms with van der Waals surface area (Å²) in [6, 6.07) is 3.51. The largest absolute Gasteiger partial charge is 0.503 e. The van der Waals surface area contributed by atoms with Crippen molar-refractivity contribution in [3.63, 3.8) is 0 Å². The van der Waals surface area contributed by atoms with Gasteiger partial charge in [-0.2, -0.15) is 0 Å². The minimum Gasteiger partial charge on any atom is -0.503 e. The number of carbonyl (C=O) groups excluding carboxylic acids is 1. The number of aryl methyl sites for hydroxylation is 1. The molecule has 0 atom stereocenters. The average molecular weight is 259 g/mol. The van der Waals surface area contributed by atoms with E-state index in [9.17, 15) is 9.90 Å². The van der Waals surface area contributed by atoms with E-state index in [0.29, 0.717) is 23.1 Å². The minimum absolute atomic E-state index is 0.0795. The first-order valence-corrected chi connectivity index (χ1v) is 4.98. The van der Waals surface area contributed by atoms with Crippen LogP contribution in [0.3, 0.4) is 0 Å². The molecule has 0 aliphatic rings. The van der Waals surface area contributed by atoms with Crippen LogP contribution in [0.4, 0.5) is 0 Å². The Morgan fingerprint density at radius 2 is 2.29 bits per heavy atom. The molecule has 0 saturated heterocycles. The average Bonchev–Trinajstić information content (AvgIpc) is 2.20. The summed E-state index contributed by atoms with van der Waals surface area (Å²) in [4.78, 5) is 10.2. The number of aromatic hydroxyl groups is 1. The minimum atomic E-state index is 0.0795. The summed E-state index contributed by atoms with van der Waals surface area (Å²) < 4.78 is 5.53. The standard InChI is InChI=1S/C10H11BrO3/c1-14-8-5-4-7(3-2-6-12)9(11)10(8)13/h4-6,13H,2-3H2,1H3. The lowest BCUT2D eigenvalue weighted by Gasteiger charge is -2.08. The normalized spacial score (nSPS) is 9.86. The molecule has 1 rings (SSSR count). The number of phenolic OH excluding ortho intramolecular Hbond substituents is 1. The van der Waals surface area contributed by atoms with Gasteiger partial charge in [0.05, 0.1) is 11.6 Å². The Hall–Kier alpha value is -1.03. The van der Waals surface area contributed by atoms with Gasteiger partial charge < -0.3 is 14.6 Å². The van der Waals surface area contributed by atoms with Crippen molar-refractivity contribution in [1.82, 2.24) is 0 Å². The highest BCUT2D eigenvalue weighted by molar-refractivity contribution is 9.10. The number of carbonyl (C=O) groups is 1. The molecule has 1 N–H and O–H groups in total. The smallest absolute Gasteiger partial charge is 0.172 e. The molecule has 1 aromatic carbocycles. The van der Waals surface area contributed by atoms with E-state index in [1.165, 1.54) is 7.11 Å². The molecule has 0 radical (unpaired) electrons. The highest BCUT2D eigenvalue weighted by Crippen LogP contribution is 2.36. The highest BCUT2D eigenvalue weighted by atomic mass is 79.9. The van der Waals surface area contributed by atoms with Crippen molar-refractivity contribution < 1.29 is 14.6 Å². The second-order valence-corrected chi connectivity index (χ2v) is 3.59. The Morgan fingerprint density at radius 1 is 1.57 bits per heavy atom. The van der Waals surface area contributed by atoms with Gasteiger partial charge >= 0.3 is 0 Å². The summed E-state index contributed by atoms with van der Waals surface area (Å²) in [5.74, 6) is 0.502. The van der Waals surface area contributed by atoms with Crippen LogP contribution in [0.25, 0.3) is 0 Å². The summed E-state index contributed by atoms with van der Waals surface area (Å²) in [6.07, 6.45) is 1.92. The molecule has 0 unspecified atom stereocenters. The molecule has 0 aliphatic heterocycles. The van der Waals surface area contributed by atoms with E-state index in [4.69, 9.17) is 4.74 Å². The molecule has 0 heterocycles. The van der Waals surface area contributed by atoms with Gasteiger partial charge in [0.25, 0.3) is 0 Å². The van der Waals surface area contributed by atoms with E-state index >= 15 is 0 Å². The highest BCUT2D eigenvalue weighted by Gasteiger charge is 2.09. The summed E-state index contributed by atoms with van der Waals surface area (Å²) in [6.45, 7) is 0. The number of hydrogen-bond acceptors (Lipinski definition) is 3. The van der Waals surface area contributed by atoms with Crippen LogP contribution in [0.1, 0.15) is 12.0 Å². The number of halogens is 1. The summed E-state index contributed by atoms with van der Waals surface area (Å²) in [5, 5.41) is 9.62. The van der Waals surface area contributed by atoms with Crippen molar-refractivity contribution in [3.8, 4) is 11.5 Å². The molecule has 1 aromatic rings. The maximum Gasteiger partial charge on any atom is 0.172 e. The van der Waals surface area contributed by atoms with Gasteiger partial charge in [-0.05, 0) is 34.0 Å². The molecule has 76 valence electrons. The number of phenols is 1. The van der Waals surface area contributed by atoms with Crippen molar-refractivity contribution in [2.45, 2.75) is 12.8 Å². The Morgan fingerprint density at radius 3 is 2.86 bits per heavy atom. The fourth-order valence-corrected chi connectivity index (χ4v) is 1.69. The third kappa shape index (κ3) is 2.26. The maximum absolute atomic E-state index is 10.2. The van der Waals surface area contributed by atoms with Gasteiger partial charge in [-0.1, -0.05) is 6.07 Å². The van der Waals surface area contributed by atoms with E-state index in [2.05, 4.69) is 15.9 Å². The molecule has 0 aliphatic carbocycles. The van der Waals surface area contributed by atoms with Gasteiger partial charge in [-0.15, -0.1) is 0 Å². The summed E-state index contributed by atoms with van der Waals surface area (Å²) >= 11 is 3.26. The predicted octanol–water partition coefficient (Wildman–Crippen LogP) is 2.29. The van der Waals surface area contributed by atoms with E-state index in [1.54, 1.807) is 6.07 Å². The summed E-state index contributed by atoms with van der Waals surface area (Å²) in [7, 11) is 1.49. The first-order chi connectivity index (χ1) is 6.70. The Labute approximate surface area is 90.8 Å². The second-order valence-electron chi connectivity index (χ2n) is 2.79. The maximum atomic E-state index is 10.2. The first-order valence-electron chi connectivity index (χ1n) is 4.18. The fourth-order valence-electron chi connectivity index (χ4n) is 1.16. The summed E-state index contributed by atoms with van der Waals surface area (Å²) in [5.41, 5.74) is 0.899. The van der Waals surface area contributed by atoms with Gasteiger partial charge in [0, 0.05) is 6.42 Å². The Bertz CT molecular complexity index is 336. The molecule has 0 amide bonds. The molecule has 0 aromatic heterocycles. The zero-order valence-electron chi connectivity index (χ0n) is 7.79. The van der Waals surface area contributed by atoms with Gasteiger partial charge in [-0.25, -0.2) is 0 Å². The van der Waals surface area contributed by atoms with Crippen LogP contribution in [-0.4, -0.2) is 18.5 Å². The third-order valence-electron chi connectivity index (χ3n) is 1.91. The van der Waals surface area contributed by atoms with Crippen LogP contribution in [-0.2, 0) is 11.2 Å². The van der Waals surface area contributed by atoms with Crippen LogP contribution < -0.4 is 4.74 Å². The van der Waals surface area contributed by atoms with Crippen LogP contribution >= 0.6 is 15.9 Å².